The topological polar surface area (TPSA) is 23.5 Å². The first-order chi connectivity index (χ1) is 9.29. The SMILES string of the molecule is CC(O)c1ccc(Br)cc1N1CC=C(C(F)(F)F)CC1. The smallest absolute Gasteiger partial charge is 0.389 e. The maximum Gasteiger partial charge on any atom is 0.412 e. The summed E-state index contributed by atoms with van der Waals surface area (Å²) in [6.07, 6.45) is -3.71. The zero-order valence-electron chi connectivity index (χ0n) is 10.9. The lowest BCUT2D eigenvalue weighted by atomic mass is 10.0. The summed E-state index contributed by atoms with van der Waals surface area (Å²) < 4.78 is 38.7. The molecule has 0 amide bonds. The molecule has 0 aliphatic carbocycles. The van der Waals surface area contributed by atoms with Gasteiger partial charge in [-0.3, -0.25) is 0 Å². The predicted octanol–water partition coefficient (Wildman–Crippen LogP) is 4.20. The fourth-order valence-electron chi connectivity index (χ4n) is 2.29. The van der Waals surface area contributed by atoms with Gasteiger partial charge in [0.2, 0.25) is 0 Å². The highest BCUT2D eigenvalue weighted by atomic mass is 79.9. The molecule has 20 heavy (non-hydrogen) atoms. The normalized spacial score (nSPS) is 17.9. The summed E-state index contributed by atoms with van der Waals surface area (Å²) in [6, 6.07) is 5.42. The molecule has 1 unspecified atom stereocenters. The van der Waals surface area contributed by atoms with Gasteiger partial charge in [-0.1, -0.05) is 28.1 Å². The quantitative estimate of drug-likeness (QED) is 0.808. The van der Waals surface area contributed by atoms with Crippen LogP contribution in [-0.2, 0) is 0 Å². The Labute approximate surface area is 124 Å². The van der Waals surface area contributed by atoms with Crippen molar-refractivity contribution in [1.82, 2.24) is 0 Å². The van der Waals surface area contributed by atoms with E-state index in [1.54, 1.807) is 13.0 Å². The molecular weight excluding hydrogens is 335 g/mol. The number of hydrogen-bond donors (Lipinski definition) is 1. The first kappa shape index (κ1) is 15.4. The van der Waals surface area contributed by atoms with Crippen LogP contribution < -0.4 is 4.90 Å². The van der Waals surface area contributed by atoms with Crippen molar-refractivity contribution < 1.29 is 18.3 Å². The standard InChI is InChI=1S/C14H15BrF3NO/c1-9(20)12-3-2-11(15)8-13(12)19-6-4-10(5-7-19)14(16,17)18/h2-4,8-9,20H,5-7H2,1H3. The van der Waals surface area contributed by atoms with Crippen molar-refractivity contribution in [3.63, 3.8) is 0 Å². The Hall–Kier alpha value is -1.01. The van der Waals surface area contributed by atoms with Gasteiger partial charge in [0.25, 0.3) is 0 Å². The van der Waals surface area contributed by atoms with Crippen LogP contribution in [0.25, 0.3) is 0 Å². The third-order valence-corrected chi connectivity index (χ3v) is 3.85. The molecule has 0 bridgehead atoms. The molecular formula is C14H15BrF3NO. The largest absolute Gasteiger partial charge is 0.412 e. The first-order valence-corrected chi connectivity index (χ1v) is 7.07. The van der Waals surface area contributed by atoms with Crippen molar-refractivity contribution in [2.45, 2.75) is 25.6 Å². The minimum Gasteiger partial charge on any atom is -0.389 e. The van der Waals surface area contributed by atoms with Crippen LogP contribution in [0, 0.1) is 0 Å². The number of aliphatic hydroxyl groups is 1. The van der Waals surface area contributed by atoms with Crippen molar-refractivity contribution in [1.29, 1.82) is 0 Å². The van der Waals surface area contributed by atoms with Gasteiger partial charge in [0, 0.05) is 34.4 Å². The fourth-order valence-corrected chi connectivity index (χ4v) is 2.64. The fraction of sp³-hybridized carbons (Fsp3) is 0.429. The lowest BCUT2D eigenvalue weighted by molar-refractivity contribution is -0.0944. The molecule has 0 spiro atoms. The molecule has 1 aromatic carbocycles. The third kappa shape index (κ3) is 3.35. The average Bonchev–Trinajstić information content (AvgIpc) is 2.37. The van der Waals surface area contributed by atoms with Gasteiger partial charge in [-0.2, -0.15) is 13.2 Å². The highest BCUT2D eigenvalue weighted by molar-refractivity contribution is 9.10. The van der Waals surface area contributed by atoms with Gasteiger partial charge < -0.3 is 10.0 Å². The molecule has 1 heterocycles. The maximum atomic E-state index is 12.6. The van der Waals surface area contributed by atoms with Gasteiger partial charge in [-0.25, -0.2) is 0 Å². The number of halogens is 4. The van der Waals surface area contributed by atoms with E-state index in [2.05, 4.69) is 15.9 Å². The number of benzene rings is 1. The van der Waals surface area contributed by atoms with E-state index in [4.69, 9.17) is 0 Å². The molecule has 1 N–H and O–H groups in total. The number of aliphatic hydroxyl groups excluding tert-OH is 1. The summed E-state index contributed by atoms with van der Waals surface area (Å²) in [6.45, 7) is 2.14. The zero-order valence-corrected chi connectivity index (χ0v) is 12.5. The minimum atomic E-state index is -4.24. The number of rotatable bonds is 2. The Balaban J connectivity index is 2.27. The molecule has 0 fully saturated rings. The van der Waals surface area contributed by atoms with E-state index in [9.17, 15) is 18.3 Å². The second-order valence-electron chi connectivity index (χ2n) is 4.80. The Bertz CT molecular complexity index is 526. The number of hydrogen-bond acceptors (Lipinski definition) is 2. The average molecular weight is 350 g/mol. The Morgan fingerprint density at radius 3 is 2.55 bits per heavy atom. The highest BCUT2D eigenvalue weighted by Crippen LogP contribution is 2.34. The lowest BCUT2D eigenvalue weighted by Gasteiger charge is -2.31. The van der Waals surface area contributed by atoms with Crippen molar-refractivity contribution in [3.05, 3.63) is 39.9 Å². The van der Waals surface area contributed by atoms with Crippen LogP contribution in [0.1, 0.15) is 25.0 Å². The van der Waals surface area contributed by atoms with Gasteiger partial charge in [0.1, 0.15) is 0 Å². The molecule has 1 aliphatic heterocycles. The van der Waals surface area contributed by atoms with Gasteiger partial charge in [0.15, 0.2) is 0 Å². The van der Waals surface area contributed by atoms with E-state index in [1.807, 2.05) is 17.0 Å². The van der Waals surface area contributed by atoms with Gasteiger partial charge >= 0.3 is 6.18 Å². The molecule has 6 heteroatoms. The molecule has 1 aliphatic rings. The number of alkyl halides is 3. The molecule has 0 aromatic heterocycles. The van der Waals surface area contributed by atoms with Gasteiger partial charge in [0.05, 0.1) is 6.10 Å². The van der Waals surface area contributed by atoms with Gasteiger partial charge in [-0.05, 0) is 25.5 Å². The van der Waals surface area contributed by atoms with Crippen molar-refractivity contribution in [3.8, 4) is 0 Å². The molecule has 1 atom stereocenters. The summed E-state index contributed by atoms with van der Waals surface area (Å²) in [4.78, 5) is 1.85. The highest BCUT2D eigenvalue weighted by Gasteiger charge is 2.35. The summed E-state index contributed by atoms with van der Waals surface area (Å²) in [5.74, 6) is 0. The summed E-state index contributed by atoms with van der Waals surface area (Å²) in [5, 5.41) is 9.77. The Kier molecular flexibility index (Phi) is 4.44. The van der Waals surface area contributed by atoms with Crippen LogP contribution in [0.5, 0.6) is 0 Å². The molecule has 110 valence electrons. The number of anilines is 1. The molecule has 2 nitrogen and oxygen atoms in total. The zero-order chi connectivity index (χ0) is 14.9. The van der Waals surface area contributed by atoms with Crippen molar-refractivity contribution in [2.75, 3.05) is 18.0 Å². The van der Waals surface area contributed by atoms with E-state index in [1.165, 1.54) is 6.08 Å². The van der Waals surface area contributed by atoms with Crippen molar-refractivity contribution in [2.24, 2.45) is 0 Å². The number of nitrogens with zero attached hydrogens (tertiary/aromatic N) is 1. The molecule has 2 rings (SSSR count). The van der Waals surface area contributed by atoms with Crippen LogP contribution in [0.2, 0.25) is 0 Å². The molecule has 0 radical (unpaired) electrons. The van der Waals surface area contributed by atoms with Crippen LogP contribution in [0.15, 0.2) is 34.3 Å². The predicted molar refractivity (Wildman–Crippen MR) is 75.7 cm³/mol. The van der Waals surface area contributed by atoms with Crippen molar-refractivity contribution >= 4 is 21.6 Å². The van der Waals surface area contributed by atoms with Crippen LogP contribution in [-0.4, -0.2) is 24.4 Å². The molecule has 0 saturated heterocycles. The maximum absolute atomic E-state index is 12.6. The molecule has 1 aromatic rings. The summed E-state index contributed by atoms with van der Waals surface area (Å²) in [7, 11) is 0. The third-order valence-electron chi connectivity index (χ3n) is 3.36. The summed E-state index contributed by atoms with van der Waals surface area (Å²) in [5.41, 5.74) is 1.02. The van der Waals surface area contributed by atoms with E-state index in [-0.39, 0.29) is 13.0 Å². The van der Waals surface area contributed by atoms with E-state index in [0.717, 1.165) is 15.7 Å². The van der Waals surface area contributed by atoms with Crippen LogP contribution in [0.3, 0.4) is 0 Å². The van der Waals surface area contributed by atoms with Crippen LogP contribution >= 0.6 is 15.9 Å². The lowest BCUT2D eigenvalue weighted by Crippen LogP contribution is -2.32. The van der Waals surface area contributed by atoms with Gasteiger partial charge in [-0.15, -0.1) is 0 Å². The second-order valence-corrected chi connectivity index (χ2v) is 5.72. The monoisotopic (exact) mass is 349 g/mol. The Morgan fingerprint density at radius 1 is 1.35 bits per heavy atom. The Morgan fingerprint density at radius 2 is 2.05 bits per heavy atom. The summed E-state index contributed by atoms with van der Waals surface area (Å²) >= 11 is 3.35. The van der Waals surface area contributed by atoms with E-state index >= 15 is 0 Å². The van der Waals surface area contributed by atoms with E-state index in [0.29, 0.717) is 6.54 Å². The second kappa shape index (κ2) is 5.77. The van der Waals surface area contributed by atoms with Crippen LogP contribution in [0.4, 0.5) is 18.9 Å². The molecule has 0 saturated carbocycles. The minimum absolute atomic E-state index is 0.0325. The van der Waals surface area contributed by atoms with E-state index < -0.39 is 17.9 Å². The first-order valence-electron chi connectivity index (χ1n) is 6.27.